The summed E-state index contributed by atoms with van der Waals surface area (Å²) in [6, 6.07) is 6.98. The molecule has 0 aliphatic heterocycles. The number of nitrogens with zero attached hydrogens (tertiary/aromatic N) is 1. The first-order valence-electron chi connectivity index (χ1n) is 6.77. The van der Waals surface area contributed by atoms with Crippen LogP contribution in [-0.4, -0.2) is 23.3 Å². The van der Waals surface area contributed by atoms with Crippen molar-refractivity contribution in [3.05, 3.63) is 40.7 Å². The second-order valence-electron chi connectivity index (χ2n) is 4.76. The summed E-state index contributed by atoms with van der Waals surface area (Å²) < 4.78 is 5.52. The van der Waals surface area contributed by atoms with Crippen molar-refractivity contribution in [2.75, 3.05) is 6.54 Å². The molecular formula is C15H16ClN3O3. The number of rotatable bonds is 6. The zero-order valence-corrected chi connectivity index (χ0v) is 12.8. The molecule has 1 aromatic heterocycles. The van der Waals surface area contributed by atoms with Gasteiger partial charge in [-0.1, -0.05) is 11.6 Å². The van der Waals surface area contributed by atoms with Gasteiger partial charge in [0.15, 0.2) is 5.69 Å². The maximum absolute atomic E-state index is 12.0. The molecule has 6 nitrogen and oxygen atoms in total. The van der Waals surface area contributed by atoms with Gasteiger partial charge >= 0.3 is 0 Å². The molecule has 0 saturated carbocycles. The first-order valence-corrected chi connectivity index (χ1v) is 7.15. The number of halogens is 1. The zero-order chi connectivity index (χ0) is 16.1. The Bertz CT molecular complexity index is 680. The summed E-state index contributed by atoms with van der Waals surface area (Å²) in [5.41, 5.74) is 6.00. The second-order valence-corrected chi connectivity index (χ2v) is 5.19. The standard InChI is InChI=1S/C15H16ClN3O3/c1-9-13(14(21)18-8-2-3-12(17)20)19-15(22-9)10-4-6-11(16)7-5-10/h4-7H,2-3,8H2,1H3,(H2,17,20)(H,18,21). The van der Waals surface area contributed by atoms with Crippen molar-refractivity contribution in [3.63, 3.8) is 0 Å². The lowest BCUT2D eigenvalue weighted by atomic mass is 10.2. The maximum Gasteiger partial charge on any atom is 0.273 e. The van der Waals surface area contributed by atoms with Crippen molar-refractivity contribution in [2.45, 2.75) is 19.8 Å². The Kier molecular flexibility index (Phi) is 5.16. The quantitative estimate of drug-likeness (QED) is 0.797. The third-order valence-electron chi connectivity index (χ3n) is 2.99. The Hall–Kier alpha value is -2.34. The molecule has 0 radical (unpaired) electrons. The molecule has 0 spiro atoms. The molecule has 2 amide bonds. The summed E-state index contributed by atoms with van der Waals surface area (Å²) in [5, 5.41) is 3.29. The first kappa shape index (κ1) is 16.0. The number of benzene rings is 1. The average molecular weight is 322 g/mol. The molecule has 0 aliphatic carbocycles. The highest BCUT2D eigenvalue weighted by Crippen LogP contribution is 2.23. The van der Waals surface area contributed by atoms with Gasteiger partial charge in [-0.2, -0.15) is 0 Å². The van der Waals surface area contributed by atoms with Gasteiger partial charge in [-0.05, 0) is 37.6 Å². The number of hydrogen-bond acceptors (Lipinski definition) is 4. The second kappa shape index (κ2) is 7.09. The largest absolute Gasteiger partial charge is 0.441 e. The average Bonchev–Trinajstić information content (AvgIpc) is 2.86. The highest BCUT2D eigenvalue weighted by atomic mass is 35.5. The molecule has 3 N–H and O–H groups in total. The van der Waals surface area contributed by atoms with Crippen molar-refractivity contribution < 1.29 is 14.0 Å². The molecule has 0 fully saturated rings. The van der Waals surface area contributed by atoms with Crippen LogP contribution < -0.4 is 11.1 Å². The normalized spacial score (nSPS) is 10.5. The molecule has 1 aromatic carbocycles. The monoisotopic (exact) mass is 321 g/mol. The fraction of sp³-hybridized carbons (Fsp3) is 0.267. The number of oxazole rings is 1. The number of nitrogens with two attached hydrogens (primary N) is 1. The Morgan fingerprint density at radius 3 is 2.64 bits per heavy atom. The molecule has 1 heterocycles. The third-order valence-corrected chi connectivity index (χ3v) is 3.24. The molecule has 2 rings (SSSR count). The van der Waals surface area contributed by atoms with Crippen LogP contribution in [0.2, 0.25) is 5.02 Å². The maximum atomic E-state index is 12.0. The summed E-state index contributed by atoms with van der Waals surface area (Å²) in [6.45, 7) is 2.02. The van der Waals surface area contributed by atoms with Crippen LogP contribution >= 0.6 is 11.6 Å². The summed E-state index contributed by atoms with van der Waals surface area (Å²) >= 11 is 5.83. The van der Waals surface area contributed by atoms with Crippen LogP contribution in [0.1, 0.15) is 29.1 Å². The Labute approximate surface area is 132 Å². The molecular weight excluding hydrogens is 306 g/mol. The van der Waals surface area contributed by atoms with E-state index < -0.39 is 5.91 Å². The molecule has 2 aromatic rings. The number of carbonyl (C=O) groups excluding carboxylic acids is 2. The number of aryl methyl sites for hydroxylation is 1. The highest BCUT2D eigenvalue weighted by Gasteiger charge is 2.17. The van der Waals surface area contributed by atoms with Crippen LogP contribution in [0.5, 0.6) is 0 Å². The molecule has 7 heteroatoms. The van der Waals surface area contributed by atoms with E-state index in [-0.39, 0.29) is 18.0 Å². The van der Waals surface area contributed by atoms with E-state index in [4.69, 9.17) is 21.8 Å². The highest BCUT2D eigenvalue weighted by molar-refractivity contribution is 6.30. The summed E-state index contributed by atoms with van der Waals surface area (Å²) in [7, 11) is 0. The third kappa shape index (κ3) is 4.08. The van der Waals surface area contributed by atoms with Gasteiger partial charge in [0.1, 0.15) is 5.76 Å². The lowest BCUT2D eigenvalue weighted by molar-refractivity contribution is -0.118. The number of nitrogens with one attached hydrogen (secondary N) is 1. The van der Waals surface area contributed by atoms with Gasteiger partial charge in [-0.25, -0.2) is 4.98 Å². The summed E-state index contributed by atoms with van der Waals surface area (Å²) in [6.07, 6.45) is 0.718. The molecule has 0 bridgehead atoms. The minimum absolute atomic E-state index is 0.226. The molecule has 0 atom stereocenters. The van der Waals surface area contributed by atoms with E-state index in [0.717, 1.165) is 5.56 Å². The Morgan fingerprint density at radius 2 is 2.00 bits per heavy atom. The molecule has 0 unspecified atom stereocenters. The van der Waals surface area contributed by atoms with Gasteiger partial charge in [0.05, 0.1) is 0 Å². The topological polar surface area (TPSA) is 98.2 Å². The lowest BCUT2D eigenvalue weighted by Crippen LogP contribution is -2.26. The van der Waals surface area contributed by atoms with Crippen molar-refractivity contribution in [1.82, 2.24) is 10.3 Å². The van der Waals surface area contributed by atoms with Gasteiger partial charge in [0.25, 0.3) is 5.91 Å². The van der Waals surface area contributed by atoms with Crippen molar-refractivity contribution in [2.24, 2.45) is 5.73 Å². The van der Waals surface area contributed by atoms with Gasteiger partial charge in [-0.15, -0.1) is 0 Å². The number of aromatic nitrogens is 1. The first-order chi connectivity index (χ1) is 10.5. The van der Waals surface area contributed by atoms with Crippen LogP contribution in [-0.2, 0) is 4.79 Å². The minimum atomic E-state index is -0.392. The van der Waals surface area contributed by atoms with Crippen molar-refractivity contribution >= 4 is 23.4 Å². The fourth-order valence-corrected chi connectivity index (χ4v) is 2.00. The molecule has 0 aliphatic rings. The van der Waals surface area contributed by atoms with Crippen molar-refractivity contribution in [3.8, 4) is 11.5 Å². The van der Waals surface area contributed by atoms with E-state index in [1.54, 1.807) is 31.2 Å². The smallest absolute Gasteiger partial charge is 0.273 e. The predicted octanol–water partition coefficient (Wildman–Crippen LogP) is 2.30. The SMILES string of the molecule is Cc1oc(-c2ccc(Cl)cc2)nc1C(=O)NCCCC(N)=O. The zero-order valence-electron chi connectivity index (χ0n) is 12.1. The van der Waals surface area contributed by atoms with Crippen LogP contribution in [0.25, 0.3) is 11.5 Å². The van der Waals surface area contributed by atoms with Crippen LogP contribution in [0.15, 0.2) is 28.7 Å². The fourth-order valence-electron chi connectivity index (χ4n) is 1.87. The van der Waals surface area contributed by atoms with E-state index >= 15 is 0 Å². The van der Waals surface area contributed by atoms with Crippen LogP contribution in [0, 0.1) is 6.92 Å². The molecule has 116 valence electrons. The molecule has 22 heavy (non-hydrogen) atoms. The molecule has 0 saturated heterocycles. The van der Waals surface area contributed by atoms with Gasteiger partial charge in [0, 0.05) is 23.6 Å². The van der Waals surface area contributed by atoms with Crippen LogP contribution in [0.3, 0.4) is 0 Å². The van der Waals surface area contributed by atoms with E-state index in [1.165, 1.54) is 0 Å². The number of primary amides is 1. The minimum Gasteiger partial charge on any atom is -0.441 e. The number of amides is 2. The summed E-state index contributed by atoms with van der Waals surface area (Å²) in [4.78, 5) is 26.9. The van der Waals surface area contributed by atoms with Gasteiger partial charge in [0.2, 0.25) is 11.8 Å². The van der Waals surface area contributed by atoms with E-state index in [9.17, 15) is 9.59 Å². The predicted molar refractivity (Wildman–Crippen MR) is 82.4 cm³/mol. The van der Waals surface area contributed by atoms with E-state index in [0.29, 0.717) is 29.6 Å². The number of hydrogen-bond donors (Lipinski definition) is 2. The summed E-state index contributed by atoms with van der Waals surface area (Å²) in [5.74, 6) is 0.0524. The van der Waals surface area contributed by atoms with Gasteiger partial charge in [-0.3, -0.25) is 9.59 Å². The Balaban J connectivity index is 2.04. The van der Waals surface area contributed by atoms with E-state index in [1.807, 2.05) is 0 Å². The Morgan fingerprint density at radius 1 is 1.32 bits per heavy atom. The number of carbonyl (C=O) groups is 2. The van der Waals surface area contributed by atoms with Gasteiger partial charge < -0.3 is 15.5 Å². The van der Waals surface area contributed by atoms with Crippen LogP contribution in [0.4, 0.5) is 0 Å². The van der Waals surface area contributed by atoms with Crippen molar-refractivity contribution in [1.29, 1.82) is 0 Å². The lowest BCUT2D eigenvalue weighted by Gasteiger charge is -2.01. The van der Waals surface area contributed by atoms with E-state index in [2.05, 4.69) is 10.3 Å².